The zero-order valence-electron chi connectivity index (χ0n) is 5.29. The molecule has 0 nitrogen and oxygen atoms in total. The minimum absolute atomic E-state index is 0.622. The van der Waals surface area contributed by atoms with E-state index in [0.29, 0.717) is 10.0 Å². The molecule has 3 heteroatoms. The van der Waals surface area contributed by atoms with Crippen molar-refractivity contribution in [2.75, 3.05) is 0 Å². The van der Waals surface area contributed by atoms with Gasteiger partial charge in [-0.2, -0.15) is 0 Å². The fraction of sp³-hybridized carbons (Fsp3) is 0.143. The number of aryl methyl sites for hydroxylation is 1. The largest absolute Gasteiger partial charge is 0.0827 e. The van der Waals surface area contributed by atoms with E-state index < -0.39 is 0 Å². The van der Waals surface area contributed by atoms with Crippen molar-refractivity contribution in [3.8, 4) is 0 Å². The van der Waals surface area contributed by atoms with E-state index in [9.17, 15) is 0 Å². The predicted octanol–water partition coefficient (Wildman–Crippen LogP) is 3.91. The Labute approximate surface area is 83.7 Å². The summed E-state index contributed by atoms with van der Waals surface area (Å²) >= 11 is 13.8. The standard InChI is InChI=1S/C7H5Cl2I/c1-4-2-3-5(8)6(9)7(4)10/h2-3H,1H3. The summed E-state index contributed by atoms with van der Waals surface area (Å²) in [5.41, 5.74) is 1.16. The van der Waals surface area contributed by atoms with Crippen molar-refractivity contribution >= 4 is 45.8 Å². The second-order valence-electron chi connectivity index (χ2n) is 1.99. The molecule has 1 aromatic carbocycles. The maximum atomic E-state index is 5.84. The molecule has 0 aliphatic rings. The van der Waals surface area contributed by atoms with Crippen LogP contribution >= 0.6 is 45.8 Å². The molecule has 0 saturated heterocycles. The quantitative estimate of drug-likeness (QED) is 0.501. The van der Waals surface area contributed by atoms with Crippen LogP contribution in [-0.2, 0) is 0 Å². The van der Waals surface area contributed by atoms with Crippen molar-refractivity contribution in [3.63, 3.8) is 0 Å². The normalized spacial score (nSPS) is 10.0. The first kappa shape index (κ1) is 8.62. The van der Waals surface area contributed by atoms with Crippen molar-refractivity contribution < 1.29 is 0 Å². The third kappa shape index (κ3) is 1.57. The van der Waals surface area contributed by atoms with Crippen LogP contribution < -0.4 is 0 Å². The minimum atomic E-state index is 0.622. The number of benzene rings is 1. The van der Waals surface area contributed by atoms with Crippen LogP contribution in [0.4, 0.5) is 0 Å². The van der Waals surface area contributed by atoms with Crippen LogP contribution in [0.25, 0.3) is 0 Å². The smallest absolute Gasteiger partial charge is 0.0728 e. The van der Waals surface area contributed by atoms with Crippen molar-refractivity contribution in [2.24, 2.45) is 0 Å². The van der Waals surface area contributed by atoms with Gasteiger partial charge in [0.2, 0.25) is 0 Å². The molecule has 0 fully saturated rings. The molecule has 0 amide bonds. The second kappa shape index (κ2) is 3.28. The van der Waals surface area contributed by atoms with Crippen molar-refractivity contribution in [2.45, 2.75) is 6.92 Å². The summed E-state index contributed by atoms with van der Waals surface area (Å²) < 4.78 is 1.03. The topological polar surface area (TPSA) is 0 Å². The molecule has 0 radical (unpaired) electrons. The molecule has 0 bridgehead atoms. The number of hydrogen-bond acceptors (Lipinski definition) is 0. The van der Waals surface area contributed by atoms with E-state index >= 15 is 0 Å². The molecule has 54 valence electrons. The molecule has 0 atom stereocenters. The molecule has 0 saturated carbocycles. The van der Waals surface area contributed by atoms with Gasteiger partial charge < -0.3 is 0 Å². The highest BCUT2D eigenvalue weighted by atomic mass is 127. The maximum Gasteiger partial charge on any atom is 0.0728 e. The van der Waals surface area contributed by atoms with E-state index in [2.05, 4.69) is 22.6 Å². The van der Waals surface area contributed by atoms with Crippen LogP contribution in [-0.4, -0.2) is 0 Å². The van der Waals surface area contributed by atoms with Gasteiger partial charge in [-0.25, -0.2) is 0 Å². The van der Waals surface area contributed by atoms with Gasteiger partial charge in [-0.15, -0.1) is 0 Å². The van der Waals surface area contributed by atoms with Crippen LogP contribution in [0.2, 0.25) is 10.0 Å². The van der Waals surface area contributed by atoms with Gasteiger partial charge in [-0.05, 0) is 41.1 Å². The first-order chi connectivity index (χ1) is 4.63. The van der Waals surface area contributed by atoms with E-state index in [1.165, 1.54) is 0 Å². The highest BCUT2D eigenvalue weighted by Gasteiger charge is 2.03. The van der Waals surface area contributed by atoms with E-state index in [-0.39, 0.29) is 0 Å². The Morgan fingerprint density at radius 1 is 1.30 bits per heavy atom. The van der Waals surface area contributed by atoms with Gasteiger partial charge in [0.15, 0.2) is 0 Å². The fourth-order valence-electron chi connectivity index (χ4n) is 0.622. The van der Waals surface area contributed by atoms with E-state index in [1.807, 2.05) is 13.0 Å². The summed E-state index contributed by atoms with van der Waals surface area (Å²) in [6.45, 7) is 2.00. The lowest BCUT2D eigenvalue weighted by Crippen LogP contribution is -1.80. The van der Waals surface area contributed by atoms with Crippen LogP contribution in [0.3, 0.4) is 0 Å². The molecule has 0 aliphatic carbocycles. The molecular formula is C7H5Cl2I. The van der Waals surface area contributed by atoms with E-state index in [4.69, 9.17) is 23.2 Å². The molecule has 0 unspecified atom stereocenters. The van der Waals surface area contributed by atoms with Gasteiger partial charge in [0.1, 0.15) is 0 Å². The summed E-state index contributed by atoms with van der Waals surface area (Å²) in [7, 11) is 0. The highest BCUT2D eigenvalue weighted by molar-refractivity contribution is 14.1. The summed E-state index contributed by atoms with van der Waals surface area (Å²) in [5.74, 6) is 0. The van der Waals surface area contributed by atoms with Gasteiger partial charge in [-0.1, -0.05) is 29.3 Å². The van der Waals surface area contributed by atoms with E-state index in [1.54, 1.807) is 6.07 Å². The van der Waals surface area contributed by atoms with Crippen LogP contribution in [0.1, 0.15) is 5.56 Å². The van der Waals surface area contributed by atoms with Crippen LogP contribution in [0.5, 0.6) is 0 Å². The first-order valence-corrected chi connectivity index (χ1v) is 4.56. The number of hydrogen-bond donors (Lipinski definition) is 0. The molecule has 1 aromatic rings. The second-order valence-corrected chi connectivity index (χ2v) is 3.86. The lowest BCUT2D eigenvalue weighted by atomic mass is 10.2. The molecule has 0 N–H and O–H groups in total. The van der Waals surface area contributed by atoms with Crippen molar-refractivity contribution in [3.05, 3.63) is 31.3 Å². The average molecular weight is 287 g/mol. The predicted molar refractivity (Wildman–Crippen MR) is 53.9 cm³/mol. The van der Waals surface area contributed by atoms with Gasteiger partial charge in [0.05, 0.1) is 10.0 Å². The molecule has 0 spiro atoms. The highest BCUT2D eigenvalue weighted by Crippen LogP contribution is 2.28. The maximum absolute atomic E-state index is 5.84. The van der Waals surface area contributed by atoms with Gasteiger partial charge in [-0.3, -0.25) is 0 Å². The third-order valence-electron chi connectivity index (χ3n) is 1.23. The Morgan fingerprint density at radius 2 is 1.90 bits per heavy atom. The minimum Gasteiger partial charge on any atom is -0.0827 e. The first-order valence-electron chi connectivity index (χ1n) is 2.73. The SMILES string of the molecule is Cc1ccc(Cl)c(Cl)c1I. The average Bonchev–Trinajstić information content (AvgIpc) is 1.93. The lowest BCUT2D eigenvalue weighted by Gasteiger charge is -2.00. The van der Waals surface area contributed by atoms with Crippen molar-refractivity contribution in [1.29, 1.82) is 0 Å². The van der Waals surface area contributed by atoms with Gasteiger partial charge in [0.25, 0.3) is 0 Å². The molecule has 1 rings (SSSR count). The van der Waals surface area contributed by atoms with Crippen molar-refractivity contribution in [1.82, 2.24) is 0 Å². The summed E-state index contributed by atoms with van der Waals surface area (Å²) in [6.07, 6.45) is 0. The molecular weight excluding hydrogens is 282 g/mol. The lowest BCUT2D eigenvalue weighted by molar-refractivity contribution is 1.43. The summed E-state index contributed by atoms with van der Waals surface area (Å²) in [4.78, 5) is 0. The monoisotopic (exact) mass is 286 g/mol. The zero-order valence-corrected chi connectivity index (χ0v) is 8.96. The Bertz CT molecular complexity index is 231. The van der Waals surface area contributed by atoms with Gasteiger partial charge in [0, 0.05) is 3.57 Å². The number of rotatable bonds is 0. The van der Waals surface area contributed by atoms with Gasteiger partial charge >= 0.3 is 0 Å². The Morgan fingerprint density at radius 3 is 2.40 bits per heavy atom. The fourth-order valence-corrected chi connectivity index (χ4v) is 1.62. The Balaban J connectivity index is 3.34. The molecule has 0 aliphatic heterocycles. The summed E-state index contributed by atoms with van der Waals surface area (Å²) in [5, 5.41) is 1.28. The number of halogens is 3. The Hall–Kier alpha value is 0.530. The molecule has 10 heavy (non-hydrogen) atoms. The Kier molecular flexibility index (Phi) is 2.83. The summed E-state index contributed by atoms with van der Waals surface area (Å²) in [6, 6.07) is 3.76. The molecule has 0 aromatic heterocycles. The molecule has 0 heterocycles. The van der Waals surface area contributed by atoms with Crippen LogP contribution in [0.15, 0.2) is 12.1 Å². The van der Waals surface area contributed by atoms with Crippen LogP contribution in [0, 0.1) is 10.5 Å². The van der Waals surface area contributed by atoms with E-state index in [0.717, 1.165) is 9.13 Å². The zero-order chi connectivity index (χ0) is 7.72. The third-order valence-corrected chi connectivity index (χ3v) is 3.74.